The topological polar surface area (TPSA) is 92.6 Å². The first kappa shape index (κ1) is 15.8. The first-order valence-corrected chi connectivity index (χ1v) is 3.86. The predicted octanol–water partition coefficient (Wildman–Crippen LogP) is -5.54. The second kappa shape index (κ2) is 10.4. The van der Waals surface area contributed by atoms with Crippen molar-refractivity contribution in [1.29, 1.82) is 0 Å². The zero-order chi connectivity index (χ0) is 9.40. The Morgan fingerprint density at radius 2 is 2.15 bits per heavy atom. The Balaban J connectivity index is 0. The fourth-order valence-corrected chi connectivity index (χ4v) is 0.691. The van der Waals surface area contributed by atoms with Gasteiger partial charge in [-0.1, -0.05) is 0 Å². The minimum Gasteiger partial charge on any atom is -0.550 e. The normalized spacial score (nSPS) is 11.8. The van der Waals surface area contributed by atoms with Crippen LogP contribution in [0.3, 0.4) is 0 Å². The number of aliphatic hydroxyl groups is 2. The number of carbonyl (C=O) groups is 1. The Labute approximate surface area is 99.4 Å². The Morgan fingerprint density at radius 1 is 1.54 bits per heavy atom. The molecule has 0 spiro atoms. The van der Waals surface area contributed by atoms with E-state index in [4.69, 9.17) is 10.2 Å². The summed E-state index contributed by atoms with van der Waals surface area (Å²) in [4.78, 5) is 9.92. The molecule has 0 radical (unpaired) electrons. The summed E-state index contributed by atoms with van der Waals surface area (Å²) in [6.07, 6.45) is -0.282. The second-order valence-corrected chi connectivity index (χ2v) is 2.52. The van der Waals surface area contributed by atoms with Gasteiger partial charge in [-0.3, -0.25) is 0 Å². The molecule has 0 bridgehead atoms. The molecule has 0 aliphatic rings. The molecule has 6 heteroatoms. The predicted molar refractivity (Wildman–Crippen MR) is 40.2 cm³/mol. The molecule has 0 heterocycles. The van der Waals surface area contributed by atoms with Gasteiger partial charge >= 0.3 is 29.6 Å². The molecule has 0 rings (SSSR count). The maximum atomic E-state index is 9.92. The molecule has 0 aliphatic heterocycles. The Morgan fingerprint density at radius 3 is 2.62 bits per heavy atom. The summed E-state index contributed by atoms with van der Waals surface area (Å²) in [6, 6.07) is 0. The van der Waals surface area contributed by atoms with E-state index in [9.17, 15) is 9.90 Å². The van der Waals surface area contributed by atoms with E-state index in [1.807, 2.05) is 0 Å². The third kappa shape index (κ3) is 12.4. The monoisotopic (exact) mass is 199 g/mol. The van der Waals surface area contributed by atoms with Gasteiger partial charge in [-0.15, -0.1) is 0 Å². The maximum absolute atomic E-state index is 9.92. The van der Waals surface area contributed by atoms with Crippen molar-refractivity contribution in [3.8, 4) is 0 Å². The molecule has 1 unspecified atom stereocenters. The third-order valence-corrected chi connectivity index (χ3v) is 1.33. The van der Waals surface area contributed by atoms with E-state index in [1.54, 1.807) is 0 Å². The molecule has 0 aliphatic carbocycles. The van der Waals surface area contributed by atoms with Crippen molar-refractivity contribution in [1.82, 2.24) is 5.32 Å². The first-order valence-electron chi connectivity index (χ1n) is 3.86. The van der Waals surface area contributed by atoms with Crippen LogP contribution in [-0.2, 0) is 4.79 Å². The summed E-state index contributed by atoms with van der Waals surface area (Å²) in [5.74, 6) is -1.07. The van der Waals surface area contributed by atoms with Crippen molar-refractivity contribution in [3.63, 3.8) is 0 Å². The van der Waals surface area contributed by atoms with Gasteiger partial charge in [0.1, 0.15) is 0 Å². The van der Waals surface area contributed by atoms with Gasteiger partial charge < -0.3 is 25.4 Å². The summed E-state index contributed by atoms with van der Waals surface area (Å²) < 4.78 is 0. The van der Waals surface area contributed by atoms with Crippen molar-refractivity contribution >= 4 is 5.97 Å². The number of carboxylic acids is 1. The molecule has 72 valence electrons. The van der Waals surface area contributed by atoms with Gasteiger partial charge in [0, 0.05) is 12.5 Å². The maximum Gasteiger partial charge on any atom is 1.00 e. The summed E-state index contributed by atoms with van der Waals surface area (Å²) in [5.41, 5.74) is 0. The van der Waals surface area contributed by atoms with Gasteiger partial charge in [-0.05, 0) is 19.4 Å². The smallest absolute Gasteiger partial charge is 0.550 e. The molecule has 3 N–H and O–H groups in total. The average Bonchev–Trinajstić information content (AvgIpc) is 2.03. The van der Waals surface area contributed by atoms with Crippen LogP contribution in [0.2, 0.25) is 0 Å². The summed E-state index contributed by atoms with van der Waals surface area (Å²) >= 11 is 0. The van der Waals surface area contributed by atoms with Gasteiger partial charge in [0.05, 0.1) is 12.7 Å². The number of rotatable bonds is 7. The minimum atomic E-state index is -1.07. The fourth-order valence-electron chi connectivity index (χ4n) is 0.691. The van der Waals surface area contributed by atoms with Crippen LogP contribution in [0.1, 0.15) is 12.8 Å². The molecule has 0 aromatic carbocycles. The van der Waals surface area contributed by atoms with E-state index < -0.39 is 12.1 Å². The van der Waals surface area contributed by atoms with Gasteiger partial charge in [0.25, 0.3) is 0 Å². The molecule has 0 saturated heterocycles. The van der Waals surface area contributed by atoms with Crippen LogP contribution in [0.15, 0.2) is 0 Å². The molecule has 0 aromatic rings. The Kier molecular flexibility index (Phi) is 12.7. The second-order valence-electron chi connectivity index (χ2n) is 2.52. The van der Waals surface area contributed by atoms with Crippen LogP contribution in [0.4, 0.5) is 0 Å². The molecule has 0 aromatic heterocycles. The van der Waals surface area contributed by atoms with Gasteiger partial charge in [-0.25, -0.2) is 0 Å². The molecule has 0 fully saturated rings. The van der Waals surface area contributed by atoms with Crippen LogP contribution in [0, 0.1) is 0 Å². The SMILES string of the molecule is O=C([O-])CCCNCC(O)CO.[Na+]. The zero-order valence-electron chi connectivity index (χ0n) is 7.82. The average molecular weight is 199 g/mol. The van der Waals surface area contributed by atoms with Crippen molar-refractivity contribution in [2.24, 2.45) is 0 Å². The van der Waals surface area contributed by atoms with Gasteiger partial charge in [0.15, 0.2) is 0 Å². The van der Waals surface area contributed by atoms with Crippen molar-refractivity contribution in [2.75, 3.05) is 19.7 Å². The van der Waals surface area contributed by atoms with E-state index in [0.29, 0.717) is 13.0 Å². The quantitative estimate of drug-likeness (QED) is 0.281. The number of aliphatic hydroxyl groups excluding tert-OH is 2. The van der Waals surface area contributed by atoms with Crippen LogP contribution in [0.5, 0.6) is 0 Å². The van der Waals surface area contributed by atoms with Crippen LogP contribution >= 0.6 is 0 Å². The van der Waals surface area contributed by atoms with E-state index in [2.05, 4.69) is 5.32 Å². The van der Waals surface area contributed by atoms with E-state index in [1.165, 1.54) is 0 Å². The minimum absolute atomic E-state index is 0. The van der Waals surface area contributed by atoms with Gasteiger partial charge in [0.2, 0.25) is 0 Å². The largest absolute Gasteiger partial charge is 1.00 e. The summed E-state index contributed by atoms with van der Waals surface area (Å²) in [6.45, 7) is 0.502. The number of carboxylic acid groups (broad SMARTS) is 1. The third-order valence-electron chi connectivity index (χ3n) is 1.33. The van der Waals surface area contributed by atoms with Crippen molar-refractivity contribution in [2.45, 2.75) is 18.9 Å². The zero-order valence-corrected chi connectivity index (χ0v) is 9.82. The molecule has 0 saturated carbocycles. The number of carbonyl (C=O) groups excluding carboxylic acids is 1. The molecule has 5 nitrogen and oxygen atoms in total. The summed E-state index contributed by atoms with van der Waals surface area (Å²) in [7, 11) is 0. The van der Waals surface area contributed by atoms with Crippen molar-refractivity contribution < 1.29 is 49.7 Å². The fraction of sp³-hybridized carbons (Fsp3) is 0.857. The van der Waals surface area contributed by atoms with Gasteiger partial charge in [-0.2, -0.15) is 0 Å². The summed E-state index contributed by atoms with van der Waals surface area (Å²) in [5, 5.41) is 29.9. The van der Waals surface area contributed by atoms with E-state index in [-0.39, 0.29) is 49.1 Å². The Bertz CT molecular complexity index is 134. The Hall–Kier alpha value is 0.350. The van der Waals surface area contributed by atoms with Crippen molar-refractivity contribution in [3.05, 3.63) is 0 Å². The van der Waals surface area contributed by atoms with E-state index >= 15 is 0 Å². The van der Waals surface area contributed by atoms with Crippen LogP contribution in [-0.4, -0.2) is 42.0 Å². The molecule has 0 amide bonds. The molecule has 13 heavy (non-hydrogen) atoms. The number of hydrogen-bond acceptors (Lipinski definition) is 5. The first-order chi connectivity index (χ1) is 5.66. The number of aliphatic carboxylic acids is 1. The molecular weight excluding hydrogens is 185 g/mol. The van der Waals surface area contributed by atoms with Crippen LogP contribution < -0.4 is 40.0 Å². The molecule has 1 atom stereocenters. The van der Waals surface area contributed by atoms with E-state index in [0.717, 1.165) is 0 Å². The van der Waals surface area contributed by atoms with Crippen LogP contribution in [0.25, 0.3) is 0 Å². The number of nitrogens with one attached hydrogen (secondary N) is 1. The number of hydrogen-bond donors (Lipinski definition) is 3. The molecular formula is C7H14NNaO4. The standard InChI is InChI=1S/C7H15NO4.Na/c9-5-6(10)4-8-3-1-2-7(11)12;/h6,8-10H,1-5H2,(H,11,12);/q;+1/p-1.